The zero-order valence-corrected chi connectivity index (χ0v) is 8.92. The van der Waals surface area contributed by atoms with E-state index < -0.39 is 35.5 Å². The summed E-state index contributed by atoms with van der Waals surface area (Å²) in [6.45, 7) is 1.38. The molecular weight excluding hydrogens is 212 g/mol. The molecular formula is C11H14O5. The van der Waals surface area contributed by atoms with Crippen molar-refractivity contribution in [3.63, 3.8) is 0 Å². The number of rotatable bonds is 2. The third-order valence-electron chi connectivity index (χ3n) is 3.37. The van der Waals surface area contributed by atoms with Crippen LogP contribution in [0.5, 0.6) is 0 Å². The van der Waals surface area contributed by atoms with Crippen molar-refractivity contribution in [1.29, 1.82) is 0 Å². The summed E-state index contributed by atoms with van der Waals surface area (Å²) in [6, 6.07) is 0. The SMILES string of the molecule is CC(O)C(O)C12C=CCCC1C(=O)OC2=O. The summed E-state index contributed by atoms with van der Waals surface area (Å²) < 4.78 is 4.58. The first-order chi connectivity index (χ1) is 7.50. The van der Waals surface area contributed by atoms with E-state index in [-0.39, 0.29) is 0 Å². The Morgan fingerprint density at radius 3 is 2.81 bits per heavy atom. The molecule has 88 valence electrons. The number of hydrogen-bond donors (Lipinski definition) is 2. The zero-order valence-electron chi connectivity index (χ0n) is 8.92. The number of ether oxygens (including phenoxy) is 1. The largest absolute Gasteiger partial charge is 0.392 e. The molecule has 1 heterocycles. The van der Waals surface area contributed by atoms with E-state index in [2.05, 4.69) is 4.74 Å². The Balaban J connectivity index is 2.47. The van der Waals surface area contributed by atoms with Gasteiger partial charge in [0.1, 0.15) is 11.5 Å². The van der Waals surface area contributed by atoms with Crippen molar-refractivity contribution in [2.24, 2.45) is 11.3 Å². The summed E-state index contributed by atoms with van der Waals surface area (Å²) in [5, 5.41) is 19.4. The molecule has 0 aromatic carbocycles. The third kappa shape index (κ3) is 1.32. The van der Waals surface area contributed by atoms with Crippen molar-refractivity contribution in [2.75, 3.05) is 0 Å². The molecule has 4 unspecified atom stereocenters. The highest BCUT2D eigenvalue weighted by atomic mass is 16.6. The van der Waals surface area contributed by atoms with Crippen LogP contribution < -0.4 is 0 Å². The minimum Gasteiger partial charge on any atom is -0.392 e. The lowest BCUT2D eigenvalue weighted by atomic mass is 9.67. The number of fused-ring (bicyclic) bond motifs is 1. The summed E-state index contributed by atoms with van der Waals surface area (Å²) in [5.74, 6) is -2.03. The van der Waals surface area contributed by atoms with Crippen LogP contribution in [0.15, 0.2) is 12.2 Å². The molecule has 0 saturated carbocycles. The fraction of sp³-hybridized carbons (Fsp3) is 0.636. The van der Waals surface area contributed by atoms with Gasteiger partial charge in [0, 0.05) is 0 Å². The Morgan fingerprint density at radius 2 is 2.19 bits per heavy atom. The first-order valence-corrected chi connectivity index (χ1v) is 5.30. The molecule has 2 N–H and O–H groups in total. The normalized spacial score (nSPS) is 36.8. The second-order valence-corrected chi connectivity index (χ2v) is 4.36. The number of cyclic esters (lactones) is 2. The van der Waals surface area contributed by atoms with Crippen LogP contribution >= 0.6 is 0 Å². The van der Waals surface area contributed by atoms with Gasteiger partial charge in [-0.25, -0.2) is 0 Å². The summed E-state index contributed by atoms with van der Waals surface area (Å²) in [7, 11) is 0. The van der Waals surface area contributed by atoms with Crippen LogP contribution in [0, 0.1) is 11.3 Å². The number of aliphatic hydroxyl groups excluding tert-OH is 2. The smallest absolute Gasteiger partial charge is 0.327 e. The Morgan fingerprint density at radius 1 is 1.50 bits per heavy atom. The quantitative estimate of drug-likeness (QED) is 0.386. The molecule has 0 spiro atoms. The molecule has 0 aromatic heterocycles. The van der Waals surface area contributed by atoms with Crippen molar-refractivity contribution in [3.8, 4) is 0 Å². The Hall–Kier alpha value is -1.20. The minimum atomic E-state index is -1.39. The van der Waals surface area contributed by atoms with Gasteiger partial charge < -0.3 is 14.9 Å². The fourth-order valence-corrected chi connectivity index (χ4v) is 2.49. The van der Waals surface area contributed by atoms with Crippen LogP contribution in [0.2, 0.25) is 0 Å². The van der Waals surface area contributed by atoms with Gasteiger partial charge >= 0.3 is 11.9 Å². The lowest BCUT2D eigenvalue weighted by molar-refractivity contribution is -0.157. The van der Waals surface area contributed by atoms with Gasteiger partial charge in [0.05, 0.1) is 12.0 Å². The molecule has 1 aliphatic heterocycles. The van der Waals surface area contributed by atoms with E-state index in [0.717, 1.165) is 0 Å². The fourth-order valence-electron chi connectivity index (χ4n) is 2.49. The summed E-state index contributed by atoms with van der Waals surface area (Å²) in [4.78, 5) is 23.2. The number of hydrogen-bond acceptors (Lipinski definition) is 5. The van der Waals surface area contributed by atoms with Crippen LogP contribution in [0.4, 0.5) is 0 Å². The lowest BCUT2D eigenvalue weighted by Gasteiger charge is -2.35. The average Bonchev–Trinajstić information content (AvgIpc) is 2.51. The van der Waals surface area contributed by atoms with Crippen LogP contribution in [0.25, 0.3) is 0 Å². The van der Waals surface area contributed by atoms with Gasteiger partial charge in [-0.05, 0) is 19.8 Å². The molecule has 5 nitrogen and oxygen atoms in total. The molecule has 5 heteroatoms. The van der Waals surface area contributed by atoms with Crippen LogP contribution in [-0.4, -0.2) is 34.4 Å². The molecule has 1 fully saturated rings. The molecule has 0 radical (unpaired) electrons. The van der Waals surface area contributed by atoms with E-state index in [1.807, 2.05) is 0 Å². The zero-order chi connectivity index (χ0) is 11.9. The van der Waals surface area contributed by atoms with Crippen molar-refractivity contribution in [3.05, 3.63) is 12.2 Å². The number of carbonyl (C=O) groups excluding carboxylic acids is 2. The maximum Gasteiger partial charge on any atom is 0.327 e. The monoisotopic (exact) mass is 226 g/mol. The topological polar surface area (TPSA) is 83.8 Å². The first kappa shape index (κ1) is 11.3. The van der Waals surface area contributed by atoms with Gasteiger partial charge in [-0.1, -0.05) is 12.2 Å². The van der Waals surface area contributed by atoms with Gasteiger partial charge in [0.25, 0.3) is 0 Å². The number of aliphatic hydroxyl groups is 2. The van der Waals surface area contributed by atoms with Crippen molar-refractivity contribution >= 4 is 11.9 Å². The number of allylic oxidation sites excluding steroid dienone is 1. The molecule has 4 atom stereocenters. The van der Waals surface area contributed by atoms with Crippen molar-refractivity contribution < 1.29 is 24.5 Å². The molecule has 2 rings (SSSR count). The van der Waals surface area contributed by atoms with Gasteiger partial charge in [-0.2, -0.15) is 0 Å². The standard InChI is InChI=1S/C11H14O5/c1-6(12)8(13)11-5-3-2-4-7(11)9(14)16-10(11)15/h3,5-8,12-13H,2,4H2,1H3. The molecule has 0 bridgehead atoms. The highest BCUT2D eigenvalue weighted by Gasteiger charge is 2.61. The van der Waals surface area contributed by atoms with E-state index in [9.17, 15) is 19.8 Å². The second kappa shape index (κ2) is 3.68. The Labute approximate surface area is 92.7 Å². The maximum atomic E-state index is 11.7. The molecule has 0 aromatic rings. The van der Waals surface area contributed by atoms with E-state index in [1.165, 1.54) is 13.0 Å². The Kier molecular flexibility index (Phi) is 2.59. The van der Waals surface area contributed by atoms with E-state index in [4.69, 9.17) is 0 Å². The predicted molar refractivity (Wildman–Crippen MR) is 53.1 cm³/mol. The number of esters is 2. The predicted octanol–water partition coefficient (Wildman–Crippen LogP) is -0.236. The Bertz CT molecular complexity index is 359. The van der Waals surface area contributed by atoms with Gasteiger partial charge in [-0.3, -0.25) is 9.59 Å². The van der Waals surface area contributed by atoms with E-state index in [0.29, 0.717) is 12.8 Å². The first-order valence-electron chi connectivity index (χ1n) is 5.30. The second-order valence-electron chi connectivity index (χ2n) is 4.36. The lowest BCUT2D eigenvalue weighted by Crippen LogP contribution is -2.49. The molecule has 1 saturated heterocycles. The van der Waals surface area contributed by atoms with E-state index >= 15 is 0 Å². The minimum absolute atomic E-state index is 0.463. The molecule has 16 heavy (non-hydrogen) atoms. The molecule has 2 aliphatic rings. The van der Waals surface area contributed by atoms with Crippen molar-refractivity contribution in [2.45, 2.75) is 32.0 Å². The van der Waals surface area contributed by atoms with E-state index in [1.54, 1.807) is 6.08 Å². The highest BCUT2D eigenvalue weighted by Crippen LogP contribution is 2.47. The third-order valence-corrected chi connectivity index (χ3v) is 3.37. The highest BCUT2D eigenvalue weighted by molar-refractivity contribution is 6.01. The average molecular weight is 226 g/mol. The van der Waals surface area contributed by atoms with Crippen LogP contribution in [-0.2, 0) is 14.3 Å². The molecule has 1 aliphatic carbocycles. The summed E-state index contributed by atoms with van der Waals surface area (Å²) in [6.07, 6.45) is 1.97. The van der Waals surface area contributed by atoms with Crippen LogP contribution in [0.1, 0.15) is 19.8 Å². The molecule has 0 amide bonds. The van der Waals surface area contributed by atoms with Gasteiger partial charge in [-0.15, -0.1) is 0 Å². The summed E-state index contributed by atoms with van der Waals surface area (Å²) in [5.41, 5.74) is -1.39. The number of carbonyl (C=O) groups is 2. The van der Waals surface area contributed by atoms with Gasteiger partial charge in [0.15, 0.2) is 0 Å². The van der Waals surface area contributed by atoms with Gasteiger partial charge in [0.2, 0.25) is 0 Å². The maximum absolute atomic E-state index is 11.7. The van der Waals surface area contributed by atoms with Crippen molar-refractivity contribution in [1.82, 2.24) is 0 Å². The summed E-state index contributed by atoms with van der Waals surface area (Å²) >= 11 is 0. The van der Waals surface area contributed by atoms with Crippen LogP contribution in [0.3, 0.4) is 0 Å².